The lowest BCUT2D eigenvalue weighted by atomic mass is 10.1. The van der Waals surface area contributed by atoms with Crippen LogP contribution in [0.3, 0.4) is 0 Å². The summed E-state index contributed by atoms with van der Waals surface area (Å²) in [4.78, 5) is 20.7. The third-order valence-electron chi connectivity index (χ3n) is 2.95. The van der Waals surface area contributed by atoms with E-state index in [1.807, 2.05) is 30.3 Å². The van der Waals surface area contributed by atoms with Gasteiger partial charge in [0.2, 0.25) is 5.91 Å². The van der Waals surface area contributed by atoms with Crippen molar-refractivity contribution >= 4 is 11.9 Å². The smallest absolute Gasteiger partial charge is 0.320 e. The Bertz CT molecular complexity index is 440. The molecule has 124 valence electrons. The second-order valence-corrected chi connectivity index (χ2v) is 4.93. The van der Waals surface area contributed by atoms with E-state index in [-0.39, 0.29) is 0 Å². The van der Waals surface area contributed by atoms with E-state index in [1.165, 1.54) is 0 Å². The van der Waals surface area contributed by atoms with Gasteiger partial charge in [-0.25, -0.2) is 0 Å². The number of hydrogen-bond donors (Lipinski definition) is 5. The first-order chi connectivity index (χ1) is 10.4. The molecule has 2 atom stereocenters. The molecule has 0 fully saturated rings. The maximum absolute atomic E-state index is 10.6. The minimum atomic E-state index is -0.933. The largest absolute Gasteiger partial charge is 0.480 e. The van der Waals surface area contributed by atoms with E-state index in [9.17, 15) is 9.59 Å². The minimum Gasteiger partial charge on any atom is -0.480 e. The Morgan fingerprint density at radius 3 is 2.09 bits per heavy atom. The molecule has 0 heterocycles. The molecule has 1 amide bonds. The van der Waals surface area contributed by atoms with E-state index in [4.69, 9.17) is 28.0 Å². The molecule has 0 saturated carbocycles. The predicted octanol–water partition coefficient (Wildman–Crippen LogP) is -0.431. The van der Waals surface area contributed by atoms with Crippen molar-refractivity contribution in [2.75, 3.05) is 6.54 Å². The third kappa shape index (κ3) is 9.87. The number of primary amides is 1. The van der Waals surface area contributed by atoms with Gasteiger partial charge in [0.15, 0.2) is 0 Å². The quantitative estimate of drug-likeness (QED) is 0.410. The van der Waals surface area contributed by atoms with Crippen molar-refractivity contribution in [3.8, 4) is 0 Å². The molecule has 9 N–H and O–H groups in total. The van der Waals surface area contributed by atoms with Gasteiger partial charge in [-0.3, -0.25) is 9.59 Å². The fourth-order valence-corrected chi connectivity index (χ4v) is 1.60. The number of unbranched alkanes of at least 4 members (excludes halogenated alkanes) is 1. The zero-order chi connectivity index (χ0) is 17.0. The van der Waals surface area contributed by atoms with Crippen molar-refractivity contribution in [3.63, 3.8) is 0 Å². The van der Waals surface area contributed by atoms with E-state index in [1.54, 1.807) is 0 Å². The summed E-state index contributed by atoms with van der Waals surface area (Å²) >= 11 is 0. The predicted molar refractivity (Wildman–Crippen MR) is 85.8 cm³/mol. The standard InChI is InChI=1S/C9H12N2O.C6H14N2O2/c10-8(9(11)12)6-7-4-2-1-3-5-7;7-4-2-1-3-5(8)6(9)10/h1-5,8H,6,10H2,(H2,11,12);5H,1-4,7-8H2,(H,9,10)/t;5-/m.0/s1. The van der Waals surface area contributed by atoms with Gasteiger partial charge in [-0.15, -0.1) is 0 Å². The highest BCUT2D eigenvalue weighted by atomic mass is 16.4. The van der Waals surface area contributed by atoms with Gasteiger partial charge >= 0.3 is 5.97 Å². The van der Waals surface area contributed by atoms with Gasteiger partial charge in [0, 0.05) is 0 Å². The Morgan fingerprint density at radius 2 is 1.64 bits per heavy atom. The topological polar surface area (TPSA) is 158 Å². The molecule has 0 spiro atoms. The van der Waals surface area contributed by atoms with Crippen molar-refractivity contribution in [1.29, 1.82) is 0 Å². The molecular formula is C15H26N4O3. The number of carbonyl (C=O) groups is 2. The minimum absolute atomic E-state index is 0.459. The van der Waals surface area contributed by atoms with Gasteiger partial charge in [-0.2, -0.15) is 0 Å². The lowest BCUT2D eigenvalue weighted by Gasteiger charge is -2.06. The fraction of sp³-hybridized carbons (Fsp3) is 0.467. The zero-order valence-corrected chi connectivity index (χ0v) is 12.7. The van der Waals surface area contributed by atoms with Crippen LogP contribution >= 0.6 is 0 Å². The van der Waals surface area contributed by atoms with Crippen molar-refractivity contribution in [2.45, 2.75) is 37.8 Å². The van der Waals surface area contributed by atoms with Crippen LogP contribution in [0.4, 0.5) is 0 Å². The summed E-state index contributed by atoms with van der Waals surface area (Å²) in [6, 6.07) is 8.27. The number of aliphatic carboxylic acids is 1. The summed E-state index contributed by atoms with van der Waals surface area (Å²) in [5, 5.41) is 8.33. The first-order valence-electron chi connectivity index (χ1n) is 7.15. The number of carboxylic acid groups (broad SMARTS) is 1. The van der Waals surface area contributed by atoms with Gasteiger partial charge in [-0.05, 0) is 31.4 Å². The molecule has 7 nitrogen and oxygen atoms in total. The van der Waals surface area contributed by atoms with Gasteiger partial charge in [-0.1, -0.05) is 36.8 Å². The van der Waals surface area contributed by atoms with E-state index < -0.39 is 24.0 Å². The van der Waals surface area contributed by atoms with Crippen LogP contribution in [-0.4, -0.2) is 35.6 Å². The number of amides is 1. The molecule has 0 bridgehead atoms. The fourth-order valence-electron chi connectivity index (χ4n) is 1.60. The number of benzene rings is 1. The molecule has 0 aliphatic heterocycles. The van der Waals surface area contributed by atoms with Crippen LogP contribution in [0.5, 0.6) is 0 Å². The Hall–Kier alpha value is -1.96. The lowest BCUT2D eigenvalue weighted by Crippen LogP contribution is -2.38. The van der Waals surface area contributed by atoms with E-state index in [0.717, 1.165) is 18.4 Å². The molecule has 1 aromatic carbocycles. The van der Waals surface area contributed by atoms with Gasteiger partial charge in [0.1, 0.15) is 6.04 Å². The molecule has 1 aromatic rings. The Kier molecular flexibility index (Phi) is 10.6. The zero-order valence-electron chi connectivity index (χ0n) is 12.7. The van der Waals surface area contributed by atoms with Crippen molar-refractivity contribution in [1.82, 2.24) is 0 Å². The molecule has 22 heavy (non-hydrogen) atoms. The van der Waals surface area contributed by atoms with Crippen LogP contribution in [0.1, 0.15) is 24.8 Å². The van der Waals surface area contributed by atoms with Crippen LogP contribution in [0, 0.1) is 0 Å². The molecule has 0 radical (unpaired) electrons. The van der Waals surface area contributed by atoms with Crippen LogP contribution in [0.2, 0.25) is 0 Å². The van der Waals surface area contributed by atoms with Crippen LogP contribution in [-0.2, 0) is 16.0 Å². The SMILES string of the molecule is NC(=O)C(N)Cc1ccccc1.NCCCC[C@H](N)C(=O)O. The molecule has 1 rings (SSSR count). The molecule has 7 heteroatoms. The monoisotopic (exact) mass is 310 g/mol. The van der Waals surface area contributed by atoms with Gasteiger partial charge in [0.05, 0.1) is 6.04 Å². The second kappa shape index (κ2) is 11.7. The molecule has 0 aromatic heterocycles. The lowest BCUT2D eigenvalue weighted by molar-refractivity contribution is -0.138. The molecule has 1 unspecified atom stereocenters. The van der Waals surface area contributed by atoms with Crippen LogP contribution in [0.15, 0.2) is 30.3 Å². The number of nitrogens with two attached hydrogens (primary N) is 4. The first-order valence-corrected chi connectivity index (χ1v) is 7.15. The van der Waals surface area contributed by atoms with E-state index in [2.05, 4.69) is 0 Å². The van der Waals surface area contributed by atoms with E-state index >= 15 is 0 Å². The number of rotatable bonds is 8. The summed E-state index contributed by atoms with van der Waals surface area (Å²) in [5.74, 6) is -1.39. The Balaban J connectivity index is 0.000000409. The maximum Gasteiger partial charge on any atom is 0.320 e. The summed E-state index contributed by atoms with van der Waals surface area (Å²) in [5.41, 5.74) is 21.9. The first kappa shape index (κ1) is 20.0. The van der Waals surface area contributed by atoms with Crippen LogP contribution in [0.25, 0.3) is 0 Å². The average Bonchev–Trinajstić information content (AvgIpc) is 2.48. The summed E-state index contributed by atoms with van der Waals surface area (Å²) < 4.78 is 0. The number of hydrogen-bond acceptors (Lipinski definition) is 5. The van der Waals surface area contributed by atoms with Crippen molar-refractivity contribution < 1.29 is 14.7 Å². The van der Waals surface area contributed by atoms with Crippen molar-refractivity contribution in [3.05, 3.63) is 35.9 Å². The summed E-state index contributed by atoms with van der Waals surface area (Å²) in [7, 11) is 0. The summed E-state index contributed by atoms with van der Waals surface area (Å²) in [6.45, 7) is 0.604. The number of carboxylic acids is 1. The third-order valence-corrected chi connectivity index (χ3v) is 2.95. The van der Waals surface area contributed by atoms with Crippen molar-refractivity contribution in [2.24, 2.45) is 22.9 Å². The van der Waals surface area contributed by atoms with Crippen LogP contribution < -0.4 is 22.9 Å². The molecule has 0 saturated heterocycles. The normalized spacial score (nSPS) is 12.7. The average molecular weight is 310 g/mol. The Labute approximate surface area is 130 Å². The van der Waals surface area contributed by atoms with Gasteiger partial charge < -0.3 is 28.0 Å². The highest BCUT2D eigenvalue weighted by Crippen LogP contribution is 2.01. The van der Waals surface area contributed by atoms with E-state index in [0.29, 0.717) is 19.4 Å². The highest BCUT2D eigenvalue weighted by Gasteiger charge is 2.09. The highest BCUT2D eigenvalue weighted by molar-refractivity contribution is 5.79. The Morgan fingerprint density at radius 1 is 1.05 bits per heavy atom. The maximum atomic E-state index is 10.6. The molecular weight excluding hydrogens is 284 g/mol. The second-order valence-electron chi connectivity index (χ2n) is 4.93. The number of carbonyl (C=O) groups excluding carboxylic acids is 1. The van der Waals surface area contributed by atoms with Gasteiger partial charge in [0.25, 0.3) is 0 Å². The summed E-state index contributed by atoms with van der Waals surface area (Å²) in [6.07, 6.45) is 2.67. The molecule has 0 aliphatic rings. The molecule has 0 aliphatic carbocycles.